The van der Waals surface area contributed by atoms with Gasteiger partial charge in [0.05, 0.1) is 28.9 Å². The summed E-state index contributed by atoms with van der Waals surface area (Å²) in [7, 11) is 0. The van der Waals surface area contributed by atoms with E-state index >= 15 is 0 Å². The predicted octanol–water partition coefficient (Wildman–Crippen LogP) is 9.48. The van der Waals surface area contributed by atoms with Gasteiger partial charge >= 0.3 is 0 Å². The summed E-state index contributed by atoms with van der Waals surface area (Å²) in [5.74, 6) is 1.43. The minimum absolute atomic E-state index is 0.496. The molecule has 0 amide bonds. The largest absolute Gasteiger partial charge is 0.463 e. The van der Waals surface area contributed by atoms with Gasteiger partial charge in [-0.3, -0.25) is 0 Å². The van der Waals surface area contributed by atoms with Gasteiger partial charge < -0.3 is 4.42 Å². The fourth-order valence-electron chi connectivity index (χ4n) is 6.07. The Hall–Kier alpha value is -3.72. The first kappa shape index (κ1) is 23.7. The highest BCUT2D eigenvalue weighted by Crippen LogP contribution is 2.44. The highest BCUT2D eigenvalue weighted by molar-refractivity contribution is 6.57. The van der Waals surface area contributed by atoms with E-state index in [2.05, 4.69) is 88.4 Å². The number of benzene rings is 3. The topological polar surface area (TPSA) is 37.9 Å². The second kappa shape index (κ2) is 9.63. The molecule has 2 aliphatic rings. The van der Waals surface area contributed by atoms with Gasteiger partial charge in [-0.2, -0.15) is 0 Å². The van der Waals surface area contributed by atoms with E-state index in [1.165, 1.54) is 59.9 Å². The van der Waals surface area contributed by atoms with E-state index in [1.807, 2.05) is 6.26 Å². The van der Waals surface area contributed by atoms with Crippen molar-refractivity contribution in [3.8, 4) is 11.3 Å². The van der Waals surface area contributed by atoms with Gasteiger partial charge in [-0.25, -0.2) is 9.98 Å². The molecule has 1 heterocycles. The summed E-state index contributed by atoms with van der Waals surface area (Å²) in [6.45, 7) is 8.56. The third kappa shape index (κ3) is 4.17. The van der Waals surface area contributed by atoms with Crippen LogP contribution in [0.25, 0.3) is 11.3 Å². The molecular weight excluding hydrogens is 452 g/mol. The van der Waals surface area contributed by atoms with Crippen molar-refractivity contribution in [2.24, 2.45) is 9.98 Å². The van der Waals surface area contributed by atoms with Gasteiger partial charge in [0.15, 0.2) is 0 Å². The van der Waals surface area contributed by atoms with Crippen LogP contribution in [0.1, 0.15) is 77.0 Å². The molecule has 0 unspecified atom stereocenters. The lowest BCUT2D eigenvalue weighted by molar-refractivity contribution is 0.439. The smallest absolute Gasteiger partial charge is 0.144 e. The van der Waals surface area contributed by atoms with Gasteiger partial charge in [0, 0.05) is 16.7 Å². The Kier molecular flexibility index (Phi) is 6.16. The van der Waals surface area contributed by atoms with Gasteiger partial charge in [-0.05, 0) is 68.7 Å². The Morgan fingerprint density at radius 2 is 1.16 bits per heavy atom. The van der Waals surface area contributed by atoms with Gasteiger partial charge in [-0.1, -0.05) is 79.9 Å². The zero-order chi connectivity index (χ0) is 25.5. The molecule has 1 fully saturated rings. The zero-order valence-corrected chi connectivity index (χ0v) is 22.3. The molecule has 186 valence electrons. The number of hydrogen-bond donors (Lipinski definition) is 0. The van der Waals surface area contributed by atoms with E-state index in [-0.39, 0.29) is 0 Å². The lowest BCUT2D eigenvalue weighted by atomic mass is 9.78. The van der Waals surface area contributed by atoms with Crippen molar-refractivity contribution in [3.63, 3.8) is 0 Å². The summed E-state index contributed by atoms with van der Waals surface area (Å²) in [6, 6.07) is 21.3. The highest BCUT2D eigenvalue weighted by Gasteiger charge is 2.35. The average Bonchev–Trinajstić information content (AvgIpc) is 3.35. The van der Waals surface area contributed by atoms with Crippen molar-refractivity contribution in [2.45, 2.75) is 65.7 Å². The third-order valence-electron chi connectivity index (χ3n) is 8.08. The van der Waals surface area contributed by atoms with Crippen LogP contribution in [-0.2, 0) is 0 Å². The summed E-state index contributed by atoms with van der Waals surface area (Å²) < 4.78 is 6.41. The number of nitrogens with zero attached hydrogens (tertiary/aromatic N) is 2. The predicted molar refractivity (Wildman–Crippen MR) is 154 cm³/mol. The van der Waals surface area contributed by atoms with Crippen LogP contribution in [0.15, 0.2) is 81.3 Å². The normalized spacial score (nSPS) is 17.7. The molecule has 3 nitrogen and oxygen atoms in total. The molecule has 0 atom stereocenters. The van der Waals surface area contributed by atoms with E-state index in [0.29, 0.717) is 5.92 Å². The second-order valence-electron chi connectivity index (χ2n) is 10.7. The molecule has 1 aromatic heterocycles. The maximum Gasteiger partial charge on any atom is 0.144 e. The standard InChI is InChI=1S/C34H34N2O/c1-21-12-10-13-22(2)30(21)35-32-26-18-8-9-19-27(26)34-29(28(20-37-34)25-16-6-5-7-17-25)33(32)36-31-23(3)14-11-15-24(31)4/h8-15,18-20,25H,5-7,16-17H2,1-4H3. The molecule has 2 aliphatic carbocycles. The molecule has 3 heteroatoms. The van der Waals surface area contributed by atoms with Crippen LogP contribution in [0.5, 0.6) is 0 Å². The van der Waals surface area contributed by atoms with Gasteiger partial charge in [0.2, 0.25) is 0 Å². The van der Waals surface area contributed by atoms with Crippen molar-refractivity contribution < 1.29 is 4.42 Å². The molecule has 6 rings (SSSR count). The average molecular weight is 487 g/mol. The molecule has 1 saturated carbocycles. The van der Waals surface area contributed by atoms with Crippen LogP contribution in [0.2, 0.25) is 0 Å². The van der Waals surface area contributed by atoms with Crippen molar-refractivity contribution in [2.75, 3.05) is 0 Å². The Bertz CT molecular complexity index is 1510. The van der Waals surface area contributed by atoms with Crippen LogP contribution < -0.4 is 0 Å². The first-order valence-corrected chi connectivity index (χ1v) is 13.5. The molecule has 0 spiro atoms. The summed E-state index contributed by atoms with van der Waals surface area (Å²) >= 11 is 0. The summed E-state index contributed by atoms with van der Waals surface area (Å²) in [5, 5.41) is 0. The first-order chi connectivity index (χ1) is 18.0. The van der Waals surface area contributed by atoms with E-state index < -0.39 is 0 Å². The van der Waals surface area contributed by atoms with Crippen molar-refractivity contribution in [3.05, 3.63) is 106 Å². The fourth-order valence-corrected chi connectivity index (χ4v) is 6.07. The molecular formula is C34H34N2O. The van der Waals surface area contributed by atoms with E-state index in [4.69, 9.17) is 14.4 Å². The SMILES string of the molecule is Cc1cccc(C)c1N=C1C(=Nc2c(C)cccc2C)c2c(C3CCCCC3)coc2-c2ccccc21. The van der Waals surface area contributed by atoms with Gasteiger partial charge in [-0.15, -0.1) is 0 Å². The van der Waals surface area contributed by atoms with E-state index in [9.17, 15) is 0 Å². The molecule has 3 aromatic carbocycles. The molecule has 0 N–H and O–H groups in total. The van der Waals surface area contributed by atoms with Crippen LogP contribution in [-0.4, -0.2) is 11.4 Å². The lowest BCUT2D eigenvalue weighted by Crippen LogP contribution is -2.24. The maximum absolute atomic E-state index is 6.41. The summed E-state index contributed by atoms with van der Waals surface area (Å²) in [6.07, 6.45) is 8.28. The summed E-state index contributed by atoms with van der Waals surface area (Å²) in [4.78, 5) is 10.9. The Morgan fingerprint density at radius 3 is 1.76 bits per heavy atom. The number of para-hydroxylation sites is 2. The number of furan rings is 1. The molecule has 0 aliphatic heterocycles. The Morgan fingerprint density at radius 1 is 0.622 bits per heavy atom. The fraction of sp³-hybridized carbons (Fsp3) is 0.294. The minimum atomic E-state index is 0.496. The number of aryl methyl sites for hydroxylation is 4. The first-order valence-electron chi connectivity index (χ1n) is 13.5. The quantitative estimate of drug-likeness (QED) is 0.284. The number of rotatable bonds is 3. The van der Waals surface area contributed by atoms with Gasteiger partial charge in [0.25, 0.3) is 0 Å². The molecule has 0 radical (unpaired) electrons. The minimum Gasteiger partial charge on any atom is -0.463 e. The van der Waals surface area contributed by atoms with Crippen LogP contribution in [0.3, 0.4) is 0 Å². The number of aliphatic imine (C=N–C) groups is 2. The van der Waals surface area contributed by atoms with Crippen LogP contribution >= 0.6 is 0 Å². The van der Waals surface area contributed by atoms with Crippen molar-refractivity contribution in [1.82, 2.24) is 0 Å². The van der Waals surface area contributed by atoms with Crippen LogP contribution in [0, 0.1) is 27.7 Å². The maximum atomic E-state index is 6.41. The third-order valence-corrected chi connectivity index (χ3v) is 8.08. The summed E-state index contributed by atoms with van der Waals surface area (Å²) in [5.41, 5.74) is 13.2. The van der Waals surface area contributed by atoms with E-state index in [0.717, 1.165) is 45.2 Å². The molecule has 37 heavy (non-hydrogen) atoms. The van der Waals surface area contributed by atoms with Crippen LogP contribution in [0.4, 0.5) is 11.4 Å². The molecule has 0 bridgehead atoms. The van der Waals surface area contributed by atoms with Crippen molar-refractivity contribution >= 4 is 22.8 Å². The van der Waals surface area contributed by atoms with Gasteiger partial charge in [0.1, 0.15) is 11.5 Å². The van der Waals surface area contributed by atoms with Crippen molar-refractivity contribution in [1.29, 1.82) is 0 Å². The Balaban J connectivity index is 1.69. The monoisotopic (exact) mass is 486 g/mol. The number of hydrogen-bond acceptors (Lipinski definition) is 3. The Labute approximate surface area is 220 Å². The van der Waals surface area contributed by atoms with E-state index in [1.54, 1.807) is 0 Å². The number of fused-ring (bicyclic) bond motifs is 3. The zero-order valence-electron chi connectivity index (χ0n) is 22.3. The lowest BCUT2D eigenvalue weighted by Gasteiger charge is -2.25. The second-order valence-corrected chi connectivity index (χ2v) is 10.7. The highest BCUT2D eigenvalue weighted by atomic mass is 16.3. The molecule has 4 aromatic rings. The molecule has 0 saturated heterocycles.